The number of anilines is 1. The van der Waals surface area contributed by atoms with Gasteiger partial charge in [-0.3, -0.25) is 9.59 Å². The topological polar surface area (TPSA) is 112 Å². The fraction of sp³-hybridized carbons (Fsp3) is 0.419. The first-order valence-electron chi connectivity index (χ1n) is 13.1. The maximum absolute atomic E-state index is 13.3. The summed E-state index contributed by atoms with van der Waals surface area (Å²) in [5.41, 5.74) is 1.20. The van der Waals surface area contributed by atoms with Crippen LogP contribution in [0.2, 0.25) is 0 Å². The van der Waals surface area contributed by atoms with E-state index in [1.54, 1.807) is 69.8 Å². The molecule has 40 heavy (non-hydrogen) atoms. The van der Waals surface area contributed by atoms with Crippen LogP contribution in [0.4, 0.5) is 5.82 Å². The van der Waals surface area contributed by atoms with E-state index >= 15 is 0 Å². The molecule has 3 aromatic rings. The highest BCUT2D eigenvalue weighted by Gasteiger charge is 2.29. The minimum atomic E-state index is -0.795. The lowest BCUT2D eigenvalue weighted by Gasteiger charge is -2.23. The van der Waals surface area contributed by atoms with Gasteiger partial charge in [-0.05, 0) is 49.4 Å². The van der Waals surface area contributed by atoms with Gasteiger partial charge in [-0.25, -0.2) is 9.78 Å². The van der Waals surface area contributed by atoms with Crippen molar-refractivity contribution in [2.75, 3.05) is 19.0 Å². The van der Waals surface area contributed by atoms with E-state index in [0.29, 0.717) is 24.2 Å². The first kappa shape index (κ1) is 32.1. The molecule has 2 amide bonds. The van der Waals surface area contributed by atoms with Gasteiger partial charge in [-0.15, -0.1) is 0 Å². The number of nitrogens with zero attached hydrogens (tertiary/aromatic N) is 2. The van der Waals surface area contributed by atoms with Gasteiger partial charge >= 0.3 is 5.97 Å². The Kier molecular flexibility index (Phi) is 11.9. The Hall–Kier alpha value is -4.14. The van der Waals surface area contributed by atoms with E-state index in [4.69, 9.17) is 9.47 Å². The molecule has 216 valence electrons. The van der Waals surface area contributed by atoms with E-state index in [2.05, 4.69) is 15.6 Å². The van der Waals surface area contributed by atoms with Crippen LogP contribution in [0.25, 0.3) is 0 Å². The first-order chi connectivity index (χ1) is 18.6. The SMILES string of the molecule is C.CCOC(=O)C(c1ccc(OC)cc1)n1cnc(NC(=O)[C@@H](CCCc2ccccc2)NC(=O)C(C)(C)C)c1. The molecular formula is C31H42N4O5. The summed E-state index contributed by atoms with van der Waals surface area (Å²) in [6.07, 6.45) is 5.01. The molecule has 0 saturated heterocycles. The van der Waals surface area contributed by atoms with Crippen LogP contribution in [0.3, 0.4) is 0 Å². The second kappa shape index (κ2) is 14.9. The number of imidazole rings is 1. The highest BCUT2D eigenvalue weighted by Crippen LogP contribution is 2.24. The number of amides is 2. The number of aromatic nitrogens is 2. The average Bonchev–Trinajstić information content (AvgIpc) is 3.36. The van der Waals surface area contributed by atoms with Crippen molar-refractivity contribution in [2.45, 2.75) is 66.5 Å². The Labute approximate surface area is 237 Å². The predicted octanol–water partition coefficient (Wildman–Crippen LogP) is 5.17. The van der Waals surface area contributed by atoms with E-state index in [-0.39, 0.29) is 31.7 Å². The van der Waals surface area contributed by atoms with E-state index in [1.165, 1.54) is 11.9 Å². The zero-order chi connectivity index (χ0) is 28.4. The monoisotopic (exact) mass is 550 g/mol. The molecule has 1 unspecified atom stereocenters. The van der Waals surface area contributed by atoms with Gasteiger partial charge < -0.3 is 24.7 Å². The number of carbonyl (C=O) groups excluding carboxylic acids is 3. The fourth-order valence-corrected chi connectivity index (χ4v) is 3.99. The molecule has 9 heteroatoms. The zero-order valence-corrected chi connectivity index (χ0v) is 23.3. The number of benzene rings is 2. The molecule has 0 spiro atoms. The van der Waals surface area contributed by atoms with Crippen LogP contribution in [-0.2, 0) is 25.5 Å². The molecule has 2 aromatic carbocycles. The van der Waals surface area contributed by atoms with Crippen molar-refractivity contribution in [2.24, 2.45) is 5.41 Å². The largest absolute Gasteiger partial charge is 0.497 e. The van der Waals surface area contributed by atoms with Crippen molar-refractivity contribution in [3.63, 3.8) is 0 Å². The second-order valence-corrected chi connectivity index (χ2v) is 10.3. The lowest BCUT2D eigenvalue weighted by molar-refractivity contribution is -0.145. The molecule has 0 aliphatic carbocycles. The molecule has 0 aliphatic rings. The Morgan fingerprint density at radius 1 is 1.02 bits per heavy atom. The smallest absolute Gasteiger partial charge is 0.333 e. The molecular weight excluding hydrogens is 508 g/mol. The number of methoxy groups -OCH3 is 1. The number of hydrogen-bond donors (Lipinski definition) is 2. The molecule has 0 bridgehead atoms. The minimum Gasteiger partial charge on any atom is -0.497 e. The summed E-state index contributed by atoms with van der Waals surface area (Å²) >= 11 is 0. The summed E-state index contributed by atoms with van der Waals surface area (Å²) in [5, 5.41) is 5.70. The fourth-order valence-electron chi connectivity index (χ4n) is 3.99. The van der Waals surface area contributed by atoms with Gasteiger partial charge in [0.05, 0.1) is 20.0 Å². The highest BCUT2D eigenvalue weighted by molar-refractivity contribution is 5.97. The molecule has 0 radical (unpaired) electrons. The van der Waals surface area contributed by atoms with Crippen molar-refractivity contribution in [1.82, 2.24) is 14.9 Å². The van der Waals surface area contributed by atoms with Crippen LogP contribution in [0, 0.1) is 5.41 Å². The predicted molar refractivity (Wildman–Crippen MR) is 156 cm³/mol. The van der Waals surface area contributed by atoms with E-state index < -0.39 is 23.5 Å². The molecule has 2 N–H and O–H groups in total. The van der Waals surface area contributed by atoms with Crippen molar-refractivity contribution in [1.29, 1.82) is 0 Å². The zero-order valence-electron chi connectivity index (χ0n) is 23.3. The third-order valence-corrected chi connectivity index (χ3v) is 6.20. The van der Waals surface area contributed by atoms with Crippen molar-refractivity contribution >= 4 is 23.6 Å². The summed E-state index contributed by atoms with van der Waals surface area (Å²) in [7, 11) is 1.57. The van der Waals surface area contributed by atoms with Gasteiger partial charge in [0.15, 0.2) is 11.9 Å². The van der Waals surface area contributed by atoms with Gasteiger partial charge in [0.25, 0.3) is 0 Å². The number of aryl methyl sites for hydroxylation is 1. The van der Waals surface area contributed by atoms with Crippen LogP contribution < -0.4 is 15.4 Å². The summed E-state index contributed by atoms with van der Waals surface area (Å²) in [5.74, 6) is -0.108. The van der Waals surface area contributed by atoms with Crippen LogP contribution in [0.15, 0.2) is 67.1 Å². The van der Waals surface area contributed by atoms with E-state index in [0.717, 1.165) is 6.42 Å². The third kappa shape index (κ3) is 8.97. The second-order valence-electron chi connectivity index (χ2n) is 10.3. The average molecular weight is 551 g/mol. The molecule has 0 fully saturated rings. The van der Waals surface area contributed by atoms with Crippen LogP contribution in [-0.4, -0.2) is 47.1 Å². The number of rotatable bonds is 12. The van der Waals surface area contributed by atoms with Gasteiger partial charge in [-0.1, -0.05) is 70.7 Å². The van der Waals surface area contributed by atoms with Crippen LogP contribution >= 0.6 is 0 Å². The lowest BCUT2D eigenvalue weighted by Crippen LogP contribution is -2.47. The lowest BCUT2D eigenvalue weighted by atomic mass is 9.94. The van der Waals surface area contributed by atoms with Gasteiger partial charge in [-0.2, -0.15) is 0 Å². The first-order valence-corrected chi connectivity index (χ1v) is 13.1. The Balaban J connectivity index is 0.00000560. The number of carbonyl (C=O) groups is 3. The van der Waals surface area contributed by atoms with Gasteiger partial charge in [0, 0.05) is 11.6 Å². The maximum Gasteiger partial charge on any atom is 0.333 e. The maximum atomic E-state index is 13.3. The molecule has 2 atom stereocenters. The minimum absolute atomic E-state index is 0. The Bertz CT molecular complexity index is 1230. The van der Waals surface area contributed by atoms with Crippen LogP contribution in [0.5, 0.6) is 5.75 Å². The highest BCUT2D eigenvalue weighted by atomic mass is 16.5. The third-order valence-electron chi connectivity index (χ3n) is 6.20. The Morgan fingerprint density at radius 2 is 1.70 bits per heavy atom. The molecule has 9 nitrogen and oxygen atoms in total. The summed E-state index contributed by atoms with van der Waals surface area (Å²) in [6, 6.07) is 15.6. The summed E-state index contributed by atoms with van der Waals surface area (Å²) in [6.45, 7) is 7.38. The number of esters is 1. The molecule has 1 aromatic heterocycles. The van der Waals surface area contributed by atoms with Gasteiger partial charge in [0.2, 0.25) is 11.8 Å². The van der Waals surface area contributed by atoms with Crippen LogP contribution in [0.1, 0.15) is 65.1 Å². The van der Waals surface area contributed by atoms with Crippen molar-refractivity contribution < 1.29 is 23.9 Å². The van der Waals surface area contributed by atoms with E-state index in [1.807, 2.05) is 30.3 Å². The standard InChI is InChI=1S/C30H38N4O5.CH4/c1-6-39-28(36)26(22-15-17-23(38-5)18-16-22)34-19-25(31-20-34)33-27(35)24(32-29(37)30(2,3)4)14-10-13-21-11-8-7-9-12-21;/h7-9,11-12,15-20,24,26H,6,10,13-14H2,1-5H3,(H,32,37)(H,33,35);1H4/t24-,26?;/m1./s1. The molecule has 0 aliphatic heterocycles. The van der Waals surface area contributed by atoms with E-state index in [9.17, 15) is 14.4 Å². The molecule has 0 saturated carbocycles. The summed E-state index contributed by atoms with van der Waals surface area (Å²) < 4.78 is 12.1. The molecule has 3 rings (SSSR count). The van der Waals surface area contributed by atoms with Gasteiger partial charge in [0.1, 0.15) is 11.8 Å². The number of ether oxygens (including phenoxy) is 2. The normalized spacial score (nSPS) is 12.4. The van der Waals surface area contributed by atoms with Crippen molar-refractivity contribution in [3.05, 3.63) is 78.2 Å². The van der Waals surface area contributed by atoms with Crippen molar-refractivity contribution in [3.8, 4) is 5.75 Å². The summed E-state index contributed by atoms with van der Waals surface area (Å²) in [4.78, 5) is 43.2. The quantitative estimate of drug-likeness (QED) is 0.301. The molecule has 1 heterocycles. The Morgan fingerprint density at radius 3 is 2.30 bits per heavy atom. The number of hydrogen-bond acceptors (Lipinski definition) is 6. The number of nitrogens with one attached hydrogen (secondary N) is 2.